The summed E-state index contributed by atoms with van der Waals surface area (Å²) in [7, 11) is 0. The van der Waals surface area contributed by atoms with Crippen molar-refractivity contribution in [3.8, 4) is 0 Å². The van der Waals surface area contributed by atoms with E-state index < -0.39 is 5.97 Å². The smallest absolute Gasteiger partial charge is 0.359 e. The fraction of sp³-hybridized carbons (Fsp3) is 0.556. The predicted molar refractivity (Wildman–Crippen MR) is 130 cm³/mol. The predicted octanol–water partition coefficient (Wildman–Crippen LogP) is 3.89. The van der Waals surface area contributed by atoms with E-state index in [1.54, 1.807) is 23.7 Å². The van der Waals surface area contributed by atoms with Crippen molar-refractivity contribution < 1.29 is 28.2 Å². The first kappa shape index (κ1) is 25.9. The molecular weight excluding hydrogens is 465 g/mol. The maximum absolute atomic E-state index is 13.4. The van der Waals surface area contributed by atoms with Crippen LogP contribution in [0.1, 0.15) is 73.3 Å². The molecule has 0 spiro atoms. The molecule has 0 bridgehead atoms. The van der Waals surface area contributed by atoms with Gasteiger partial charge in [-0.05, 0) is 69.6 Å². The molecule has 0 N–H and O–H groups in total. The number of aromatic nitrogens is 2. The van der Waals surface area contributed by atoms with E-state index in [-0.39, 0.29) is 36.1 Å². The highest BCUT2D eigenvalue weighted by molar-refractivity contribution is 5.89. The van der Waals surface area contributed by atoms with Crippen molar-refractivity contribution in [2.45, 2.75) is 65.5 Å². The SMILES string of the molecule is CCOC(=O)c1nn(Cc2ccc(F)cc2)c2c1CCN(C(=O)CC1CCC(C(=O)OCC)CC1)C2. The zero-order valence-corrected chi connectivity index (χ0v) is 21.0. The molecule has 36 heavy (non-hydrogen) atoms. The molecule has 0 atom stereocenters. The van der Waals surface area contributed by atoms with Crippen LogP contribution in [0.5, 0.6) is 0 Å². The Morgan fingerprint density at radius 3 is 2.39 bits per heavy atom. The summed E-state index contributed by atoms with van der Waals surface area (Å²) >= 11 is 0. The van der Waals surface area contributed by atoms with Crippen LogP contribution in [-0.4, -0.2) is 52.3 Å². The Kier molecular flexibility index (Phi) is 8.38. The van der Waals surface area contributed by atoms with Crippen LogP contribution in [-0.2, 0) is 38.6 Å². The van der Waals surface area contributed by atoms with Crippen molar-refractivity contribution in [3.05, 3.63) is 52.6 Å². The van der Waals surface area contributed by atoms with Crippen LogP contribution >= 0.6 is 0 Å². The number of benzene rings is 1. The minimum Gasteiger partial charge on any atom is -0.466 e. The third-order valence-corrected chi connectivity index (χ3v) is 7.14. The second-order valence-electron chi connectivity index (χ2n) is 9.52. The molecular formula is C27H34FN3O5. The van der Waals surface area contributed by atoms with Crippen molar-refractivity contribution >= 4 is 17.8 Å². The lowest BCUT2D eigenvalue weighted by Gasteiger charge is -2.31. The number of rotatable bonds is 8. The van der Waals surface area contributed by atoms with Gasteiger partial charge in [0.25, 0.3) is 0 Å². The molecule has 1 aromatic carbocycles. The van der Waals surface area contributed by atoms with E-state index in [4.69, 9.17) is 9.47 Å². The van der Waals surface area contributed by atoms with E-state index in [9.17, 15) is 18.8 Å². The van der Waals surface area contributed by atoms with Crippen molar-refractivity contribution in [1.29, 1.82) is 0 Å². The Morgan fingerprint density at radius 2 is 1.72 bits per heavy atom. The van der Waals surface area contributed by atoms with Crippen molar-refractivity contribution in [1.82, 2.24) is 14.7 Å². The molecule has 9 heteroatoms. The lowest BCUT2D eigenvalue weighted by Crippen LogP contribution is -2.38. The average Bonchev–Trinajstić information content (AvgIpc) is 3.24. The van der Waals surface area contributed by atoms with Gasteiger partial charge in [0.05, 0.1) is 37.9 Å². The number of amides is 1. The summed E-state index contributed by atoms with van der Waals surface area (Å²) in [6.07, 6.45) is 4.16. The Labute approximate surface area is 210 Å². The molecule has 2 aliphatic rings. The molecule has 1 aromatic heterocycles. The second-order valence-corrected chi connectivity index (χ2v) is 9.52. The Bertz CT molecular complexity index is 1090. The van der Waals surface area contributed by atoms with Crippen LogP contribution in [0, 0.1) is 17.7 Å². The Hall–Kier alpha value is -3.23. The number of ether oxygens (including phenoxy) is 2. The van der Waals surface area contributed by atoms with Gasteiger partial charge in [0, 0.05) is 18.5 Å². The first-order valence-electron chi connectivity index (χ1n) is 12.8. The van der Waals surface area contributed by atoms with E-state index in [0.717, 1.165) is 42.5 Å². The number of esters is 2. The van der Waals surface area contributed by atoms with Gasteiger partial charge in [-0.2, -0.15) is 5.10 Å². The highest BCUT2D eigenvalue weighted by atomic mass is 19.1. The number of hydrogen-bond donors (Lipinski definition) is 0. The van der Waals surface area contributed by atoms with Crippen LogP contribution < -0.4 is 0 Å². The zero-order valence-electron chi connectivity index (χ0n) is 21.0. The highest BCUT2D eigenvalue weighted by Gasteiger charge is 2.33. The molecule has 0 radical (unpaired) electrons. The van der Waals surface area contributed by atoms with Crippen LogP contribution in [0.25, 0.3) is 0 Å². The normalized spacial score (nSPS) is 19.5. The van der Waals surface area contributed by atoms with Crippen LogP contribution in [0.15, 0.2) is 24.3 Å². The molecule has 2 heterocycles. The van der Waals surface area contributed by atoms with Crippen LogP contribution in [0.3, 0.4) is 0 Å². The van der Waals surface area contributed by atoms with Gasteiger partial charge in [-0.3, -0.25) is 14.3 Å². The van der Waals surface area contributed by atoms with Gasteiger partial charge < -0.3 is 14.4 Å². The first-order valence-corrected chi connectivity index (χ1v) is 12.8. The number of carbonyl (C=O) groups is 3. The first-order chi connectivity index (χ1) is 17.4. The van der Waals surface area contributed by atoms with E-state index in [0.29, 0.717) is 44.8 Å². The summed E-state index contributed by atoms with van der Waals surface area (Å²) < 4.78 is 25.5. The molecule has 1 aliphatic carbocycles. The van der Waals surface area contributed by atoms with E-state index >= 15 is 0 Å². The van der Waals surface area contributed by atoms with Crippen molar-refractivity contribution in [2.75, 3.05) is 19.8 Å². The lowest BCUT2D eigenvalue weighted by atomic mass is 9.80. The van der Waals surface area contributed by atoms with E-state index in [1.807, 2.05) is 11.8 Å². The van der Waals surface area contributed by atoms with Gasteiger partial charge in [0.2, 0.25) is 5.91 Å². The van der Waals surface area contributed by atoms with E-state index in [1.165, 1.54) is 12.1 Å². The van der Waals surface area contributed by atoms with Gasteiger partial charge in [-0.15, -0.1) is 0 Å². The molecule has 0 unspecified atom stereocenters. The molecule has 194 valence electrons. The topological polar surface area (TPSA) is 90.7 Å². The van der Waals surface area contributed by atoms with Gasteiger partial charge in [-0.25, -0.2) is 9.18 Å². The molecule has 1 fully saturated rings. The largest absolute Gasteiger partial charge is 0.466 e. The number of halogens is 1. The maximum Gasteiger partial charge on any atom is 0.359 e. The molecule has 0 saturated heterocycles. The fourth-order valence-electron chi connectivity index (χ4n) is 5.19. The Morgan fingerprint density at radius 1 is 1.03 bits per heavy atom. The number of fused-ring (bicyclic) bond motifs is 1. The second kappa shape index (κ2) is 11.7. The van der Waals surface area contributed by atoms with Crippen molar-refractivity contribution in [3.63, 3.8) is 0 Å². The molecule has 2 aromatic rings. The zero-order chi connectivity index (χ0) is 25.7. The summed E-state index contributed by atoms with van der Waals surface area (Å²) in [4.78, 5) is 39.6. The van der Waals surface area contributed by atoms with Crippen molar-refractivity contribution in [2.24, 2.45) is 11.8 Å². The third kappa shape index (κ3) is 5.94. The molecule has 1 aliphatic heterocycles. The monoisotopic (exact) mass is 499 g/mol. The number of hydrogen-bond acceptors (Lipinski definition) is 6. The maximum atomic E-state index is 13.4. The molecule has 8 nitrogen and oxygen atoms in total. The minimum absolute atomic E-state index is 0.0593. The standard InChI is InChI=1S/C27H34FN3O5/c1-3-35-26(33)20-9-5-18(6-10-20)15-24(32)30-14-13-22-23(17-30)31(29-25(22)27(34)36-4-2)16-19-7-11-21(28)12-8-19/h7-8,11-12,18,20H,3-6,9-10,13-17H2,1-2H3. The number of carbonyl (C=O) groups excluding carboxylic acids is 3. The summed E-state index contributed by atoms with van der Waals surface area (Å²) in [6, 6.07) is 6.16. The summed E-state index contributed by atoms with van der Waals surface area (Å²) in [6.45, 7) is 5.44. The van der Waals surface area contributed by atoms with E-state index in [2.05, 4.69) is 5.10 Å². The van der Waals surface area contributed by atoms with Crippen LogP contribution in [0.2, 0.25) is 0 Å². The summed E-state index contributed by atoms with van der Waals surface area (Å²) in [5.74, 6) is -0.642. The molecule has 1 amide bonds. The van der Waals surface area contributed by atoms with Gasteiger partial charge in [0.1, 0.15) is 5.82 Å². The summed E-state index contributed by atoms with van der Waals surface area (Å²) in [5.41, 5.74) is 2.76. The quantitative estimate of drug-likeness (QED) is 0.512. The third-order valence-electron chi connectivity index (χ3n) is 7.14. The minimum atomic E-state index is -0.468. The summed E-state index contributed by atoms with van der Waals surface area (Å²) in [5, 5.41) is 4.54. The van der Waals surface area contributed by atoms with Crippen LogP contribution in [0.4, 0.5) is 4.39 Å². The number of nitrogens with zero attached hydrogens (tertiary/aromatic N) is 3. The van der Waals surface area contributed by atoms with Gasteiger partial charge in [-0.1, -0.05) is 12.1 Å². The van der Waals surface area contributed by atoms with Gasteiger partial charge in [0.15, 0.2) is 5.69 Å². The lowest BCUT2D eigenvalue weighted by molar-refractivity contribution is -0.149. The highest BCUT2D eigenvalue weighted by Crippen LogP contribution is 2.33. The molecule has 1 saturated carbocycles. The molecule has 4 rings (SSSR count). The Balaban J connectivity index is 1.45. The fourth-order valence-corrected chi connectivity index (χ4v) is 5.19. The van der Waals surface area contributed by atoms with Gasteiger partial charge >= 0.3 is 11.9 Å². The average molecular weight is 500 g/mol.